The zero-order valence-corrected chi connectivity index (χ0v) is 15.9. The summed E-state index contributed by atoms with van der Waals surface area (Å²) in [6, 6.07) is 5.05. The van der Waals surface area contributed by atoms with Gasteiger partial charge in [-0.05, 0) is 31.5 Å². The lowest BCUT2D eigenvalue weighted by Gasteiger charge is -2.35. The summed E-state index contributed by atoms with van der Waals surface area (Å²) in [5.41, 5.74) is 5.87. The van der Waals surface area contributed by atoms with Crippen molar-refractivity contribution in [3.63, 3.8) is 0 Å². The Balaban J connectivity index is 1.80. The van der Waals surface area contributed by atoms with Crippen molar-refractivity contribution in [3.05, 3.63) is 33.8 Å². The van der Waals surface area contributed by atoms with Crippen LogP contribution in [-0.4, -0.2) is 54.3 Å². The fraction of sp³-hybridized carbons (Fsp3) is 0.556. The molecule has 1 saturated heterocycles. The number of nitrogens with zero attached hydrogens (tertiary/aromatic N) is 2. The van der Waals surface area contributed by atoms with E-state index in [-0.39, 0.29) is 16.8 Å². The Labute approximate surface area is 159 Å². The predicted molar refractivity (Wildman–Crippen MR) is 101 cm³/mol. The van der Waals surface area contributed by atoms with Gasteiger partial charge in [0.1, 0.15) is 0 Å². The van der Waals surface area contributed by atoms with E-state index in [4.69, 9.17) is 28.9 Å². The first-order valence-corrected chi connectivity index (χ1v) is 9.51. The van der Waals surface area contributed by atoms with E-state index in [0.717, 1.165) is 25.7 Å². The Morgan fingerprint density at radius 3 is 2.28 bits per heavy atom. The van der Waals surface area contributed by atoms with E-state index in [1.54, 1.807) is 23.1 Å². The van der Waals surface area contributed by atoms with Gasteiger partial charge >= 0.3 is 0 Å². The van der Waals surface area contributed by atoms with Crippen LogP contribution >= 0.6 is 23.2 Å². The summed E-state index contributed by atoms with van der Waals surface area (Å²) in [5.74, 6) is 0.0296. The summed E-state index contributed by atoms with van der Waals surface area (Å²) < 4.78 is 0. The summed E-state index contributed by atoms with van der Waals surface area (Å²) in [6.07, 6.45) is 4.59. The lowest BCUT2D eigenvalue weighted by Crippen LogP contribution is -2.50. The van der Waals surface area contributed by atoms with Crippen LogP contribution in [0.15, 0.2) is 18.2 Å². The molecular formula is C18H25Cl2N3O2. The van der Waals surface area contributed by atoms with Crippen molar-refractivity contribution >= 4 is 35.0 Å². The van der Waals surface area contributed by atoms with E-state index in [1.807, 2.05) is 4.90 Å². The fourth-order valence-corrected chi connectivity index (χ4v) is 3.31. The third-order valence-corrected chi connectivity index (χ3v) is 5.27. The molecule has 0 saturated carbocycles. The topological polar surface area (TPSA) is 66.6 Å². The zero-order valence-electron chi connectivity index (χ0n) is 14.3. The Hall–Kier alpha value is -1.30. The summed E-state index contributed by atoms with van der Waals surface area (Å²) in [4.78, 5) is 28.4. The van der Waals surface area contributed by atoms with E-state index in [9.17, 15) is 9.59 Å². The maximum Gasteiger partial charge on any atom is 0.255 e. The molecule has 2 amide bonds. The minimum atomic E-state index is -0.138. The molecule has 1 fully saturated rings. The predicted octanol–water partition coefficient (Wildman–Crippen LogP) is 3.19. The first-order chi connectivity index (χ1) is 12.0. The average Bonchev–Trinajstić information content (AvgIpc) is 2.63. The molecule has 7 heteroatoms. The molecule has 25 heavy (non-hydrogen) atoms. The summed E-state index contributed by atoms with van der Waals surface area (Å²) in [6.45, 7) is 2.86. The second-order valence-corrected chi connectivity index (χ2v) is 7.01. The van der Waals surface area contributed by atoms with Gasteiger partial charge in [-0.3, -0.25) is 9.59 Å². The van der Waals surface area contributed by atoms with Crippen LogP contribution in [0.1, 0.15) is 42.5 Å². The number of carbonyl (C=O) groups is 2. The molecule has 1 heterocycles. The summed E-state index contributed by atoms with van der Waals surface area (Å²) in [5, 5.41) is 0.654. The molecule has 0 unspecified atom stereocenters. The van der Waals surface area contributed by atoms with Gasteiger partial charge in [0.2, 0.25) is 5.91 Å². The van der Waals surface area contributed by atoms with Crippen molar-refractivity contribution in [2.24, 2.45) is 5.73 Å². The normalized spacial score (nSPS) is 14.7. The molecule has 0 bridgehead atoms. The third-order valence-electron chi connectivity index (χ3n) is 4.45. The van der Waals surface area contributed by atoms with Gasteiger partial charge in [-0.1, -0.05) is 42.1 Å². The van der Waals surface area contributed by atoms with Crippen LogP contribution in [0.4, 0.5) is 0 Å². The van der Waals surface area contributed by atoms with E-state index < -0.39 is 0 Å². The highest BCUT2D eigenvalue weighted by molar-refractivity contribution is 6.43. The van der Waals surface area contributed by atoms with Crippen LogP contribution in [0.3, 0.4) is 0 Å². The fourth-order valence-electron chi connectivity index (χ4n) is 2.93. The molecule has 2 N–H and O–H groups in total. The second kappa shape index (κ2) is 10.00. The number of hydrogen-bond acceptors (Lipinski definition) is 3. The Morgan fingerprint density at radius 2 is 1.60 bits per heavy atom. The first kappa shape index (κ1) is 20.0. The molecule has 0 aliphatic carbocycles. The molecule has 1 aromatic rings. The molecule has 0 atom stereocenters. The number of piperazine rings is 1. The van der Waals surface area contributed by atoms with Gasteiger partial charge in [-0.2, -0.15) is 0 Å². The molecule has 138 valence electrons. The van der Waals surface area contributed by atoms with Crippen LogP contribution in [-0.2, 0) is 4.79 Å². The SMILES string of the molecule is NCCCCCCC(=O)N1CCN(C(=O)c2cccc(Cl)c2Cl)CC1. The van der Waals surface area contributed by atoms with Crippen molar-refractivity contribution in [1.29, 1.82) is 0 Å². The second-order valence-electron chi connectivity index (χ2n) is 6.23. The van der Waals surface area contributed by atoms with Crippen LogP contribution < -0.4 is 5.73 Å². The van der Waals surface area contributed by atoms with Crippen LogP contribution in [0.2, 0.25) is 10.0 Å². The average molecular weight is 386 g/mol. The highest BCUT2D eigenvalue weighted by Crippen LogP contribution is 2.26. The molecule has 1 aromatic carbocycles. The van der Waals surface area contributed by atoms with Gasteiger partial charge < -0.3 is 15.5 Å². The molecule has 1 aliphatic heterocycles. The number of hydrogen-bond donors (Lipinski definition) is 1. The zero-order chi connectivity index (χ0) is 18.2. The van der Waals surface area contributed by atoms with Crippen molar-refractivity contribution < 1.29 is 9.59 Å². The maximum atomic E-state index is 12.6. The number of carbonyl (C=O) groups excluding carboxylic acids is 2. The lowest BCUT2D eigenvalue weighted by atomic mass is 10.1. The smallest absolute Gasteiger partial charge is 0.255 e. The molecule has 2 rings (SSSR count). The standard InChI is InChI=1S/C18H25Cl2N3O2/c19-15-7-5-6-14(17(15)20)18(25)23-12-10-22(11-13-23)16(24)8-3-1-2-4-9-21/h5-7H,1-4,8-13,21H2. The van der Waals surface area contributed by atoms with E-state index in [0.29, 0.717) is 49.7 Å². The number of nitrogens with two attached hydrogens (primary N) is 1. The molecule has 5 nitrogen and oxygen atoms in total. The largest absolute Gasteiger partial charge is 0.339 e. The van der Waals surface area contributed by atoms with Crippen molar-refractivity contribution in [2.75, 3.05) is 32.7 Å². The van der Waals surface area contributed by atoms with Gasteiger partial charge in [-0.25, -0.2) is 0 Å². The van der Waals surface area contributed by atoms with Gasteiger partial charge in [0.05, 0.1) is 15.6 Å². The van der Waals surface area contributed by atoms with E-state index in [1.165, 1.54) is 0 Å². The molecule has 0 aromatic heterocycles. The van der Waals surface area contributed by atoms with E-state index >= 15 is 0 Å². The summed E-state index contributed by atoms with van der Waals surface area (Å²) in [7, 11) is 0. The van der Waals surface area contributed by atoms with Gasteiger partial charge in [-0.15, -0.1) is 0 Å². The number of benzene rings is 1. The quantitative estimate of drug-likeness (QED) is 0.732. The number of rotatable bonds is 7. The van der Waals surface area contributed by atoms with Crippen molar-refractivity contribution in [1.82, 2.24) is 9.80 Å². The minimum Gasteiger partial charge on any atom is -0.339 e. The van der Waals surface area contributed by atoms with Gasteiger partial charge in [0.25, 0.3) is 5.91 Å². The monoisotopic (exact) mass is 385 g/mol. The van der Waals surface area contributed by atoms with Crippen LogP contribution in [0.25, 0.3) is 0 Å². The number of halogens is 2. The maximum absolute atomic E-state index is 12.6. The highest BCUT2D eigenvalue weighted by Gasteiger charge is 2.26. The van der Waals surface area contributed by atoms with Crippen molar-refractivity contribution in [2.45, 2.75) is 32.1 Å². The van der Waals surface area contributed by atoms with Gasteiger partial charge in [0.15, 0.2) is 0 Å². The summed E-state index contributed by atoms with van der Waals surface area (Å²) >= 11 is 12.1. The highest BCUT2D eigenvalue weighted by atomic mass is 35.5. The lowest BCUT2D eigenvalue weighted by molar-refractivity contribution is -0.132. The van der Waals surface area contributed by atoms with Crippen LogP contribution in [0.5, 0.6) is 0 Å². The molecule has 1 aliphatic rings. The van der Waals surface area contributed by atoms with Crippen LogP contribution in [0, 0.1) is 0 Å². The number of amides is 2. The Kier molecular flexibility index (Phi) is 8.00. The number of unbranched alkanes of at least 4 members (excludes halogenated alkanes) is 3. The molecule has 0 spiro atoms. The molecular weight excluding hydrogens is 361 g/mol. The molecule has 0 radical (unpaired) electrons. The van der Waals surface area contributed by atoms with Crippen molar-refractivity contribution in [3.8, 4) is 0 Å². The minimum absolute atomic E-state index is 0.138. The Bertz CT molecular complexity index is 602. The third kappa shape index (κ3) is 5.59. The Morgan fingerprint density at radius 1 is 0.960 bits per heavy atom. The van der Waals surface area contributed by atoms with Gasteiger partial charge in [0, 0.05) is 32.6 Å². The first-order valence-electron chi connectivity index (χ1n) is 8.75. The van der Waals surface area contributed by atoms with E-state index in [2.05, 4.69) is 0 Å².